The minimum atomic E-state index is 0.908. The van der Waals surface area contributed by atoms with E-state index in [1.165, 1.54) is 5.56 Å². The molecule has 96 valence electrons. The van der Waals surface area contributed by atoms with Gasteiger partial charge < -0.3 is 10.1 Å². The Labute approximate surface area is 108 Å². The van der Waals surface area contributed by atoms with Crippen molar-refractivity contribution in [2.75, 3.05) is 20.2 Å². The average Bonchev–Trinajstić information content (AvgIpc) is 2.92. The summed E-state index contributed by atoms with van der Waals surface area (Å²) in [5, 5.41) is 7.56. The molecule has 2 rings (SSSR count). The third kappa shape index (κ3) is 3.89. The van der Waals surface area contributed by atoms with E-state index in [1.807, 2.05) is 29.1 Å². The number of aromatic nitrogens is 2. The van der Waals surface area contributed by atoms with Gasteiger partial charge in [-0.3, -0.25) is 4.68 Å². The van der Waals surface area contributed by atoms with E-state index in [9.17, 15) is 0 Å². The number of methoxy groups -OCH3 is 1. The highest BCUT2D eigenvalue weighted by atomic mass is 16.5. The molecule has 4 nitrogen and oxygen atoms in total. The van der Waals surface area contributed by atoms with Gasteiger partial charge in [-0.25, -0.2) is 0 Å². The smallest absolute Gasteiger partial charge is 0.119 e. The molecule has 0 fully saturated rings. The zero-order valence-electron chi connectivity index (χ0n) is 10.7. The lowest BCUT2D eigenvalue weighted by Gasteiger charge is -2.06. The summed E-state index contributed by atoms with van der Waals surface area (Å²) in [6.45, 7) is 2.81. The summed E-state index contributed by atoms with van der Waals surface area (Å²) in [6.07, 6.45) is 4.79. The van der Waals surface area contributed by atoms with E-state index in [1.54, 1.807) is 13.3 Å². The Morgan fingerprint density at radius 1 is 1.28 bits per heavy atom. The molecule has 1 heterocycles. The predicted octanol–water partition coefficient (Wildman–Crippen LogP) is 1.72. The van der Waals surface area contributed by atoms with Crippen LogP contribution in [0.25, 0.3) is 0 Å². The topological polar surface area (TPSA) is 39.1 Å². The van der Waals surface area contributed by atoms with Crippen LogP contribution in [0.2, 0.25) is 0 Å². The largest absolute Gasteiger partial charge is 0.497 e. The van der Waals surface area contributed by atoms with Gasteiger partial charge >= 0.3 is 0 Å². The first-order chi connectivity index (χ1) is 8.88. The zero-order chi connectivity index (χ0) is 12.6. The molecule has 0 bridgehead atoms. The Morgan fingerprint density at radius 2 is 2.22 bits per heavy atom. The first-order valence-corrected chi connectivity index (χ1v) is 6.19. The van der Waals surface area contributed by atoms with Gasteiger partial charge in [0.15, 0.2) is 0 Å². The van der Waals surface area contributed by atoms with Gasteiger partial charge in [0.25, 0.3) is 0 Å². The third-order valence-corrected chi connectivity index (χ3v) is 2.80. The second-order valence-electron chi connectivity index (χ2n) is 4.12. The van der Waals surface area contributed by atoms with Gasteiger partial charge in [0.05, 0.1) is 13.7 Å². The van der Waals surface area contributed by atoms with E-state index in [4.69, 9.17) is 4.74 Å². The molecule has 2 aromatic rings. The van der Waals surface area contributed by atoms with E-state index < -0.39 is 0 Å². The van der Waals surface area contributed by atoms with Gasteiger partial charge in [0.2, 0.25) is 0 Å². The minimum absolute atomic E-state index is 0.908. The lowest BCUT2D eigenvalue weighted by Crippen LogP contribution is -2.22. The lowest BCUT2D eigenvalue weighted by atomic mass is 10.1. The summed E-state index contributed by atoms with van der Waals surface area (Å²) in [5.74, 6) is 0.920. The molecule has 1 aromatic carbocycles. The van der Waals surface area contributed by atoms with Crippen LogP contribution in [0.4, 0.5) is 0 Å². The zero-order valence-corrected chi connectivity index (χ0v) is 10.7. The Bertz CT molecular complexity index is 454. The third-order valence-electron chi connectivity index (χ3n) is 2.80. The second-order valence-corrected chi connectivity index (χ2v) is 4.12. The van der Waals surface area contributed by atoms with Crippen molar-refractivity contribution in [2.45, 2.75) is 13.0 Å². The van der Waals surface area contributed by atoms with Crippen molar-refractivity contribution < 1.29 is 4.74 Å². The molecule has 1 aromatic heterocycles. The van der Waals surface area contributed by atoms with Crippen molar-refractivity contribution in [3.05, 3.63) is 48.3 Å². The number of benzene rings is 1. The number of hydrogen-bond acceptors (Lipinski definition) is 3. The van der Waals surface area contributed by atoms with Crippen LogP contribution in [0.5, 0.6) is 5.75 Å². The molecule has 0 aliphatic carbocycles. The van der Waals surface area contributed by atoms with Gasteiger partial charge in [-0.15, -0.1) is 0 Å². The summed E-state index contributed by atoms with van der Waals surface area (Å²) in [4.78, 5) is 0. The van der Waals surface area contributed by atoms with Crippen molar-refractivity contribution in [1.82, 2.24) is 15.1 Å². The minimum Gasteiger partial charge on any atom is -0.497 e. The summed E-state index contributed by atoms with van der Waals surface area (Å²) >= 11 is 0. The van der Waals surface area contributed by atoms with Gasteiger partial charge in [0.1, 0.15) is 5.75 Å². The molecular formula is C14H19N3O. The molecule has 0 saturated carbocycles. The molecule has 1 N–H and O–H groups in total. The van der Waals surface area contributed by atoms with Crippen molar-refractivity contribution in [3.63, 3.8) is 0 Å². The average molecular weight is 245 g/mol. The quantitative estimate of drug-likeness (QED) is 0.755. The summed E-state index contributed by atoms with van der Waals surface area (Å²) in [5.41, 5.74) is 1.29. The summed E-state index contributed by atoms with van der Waals surface area (Å²) < 4.78 is 7.13. The number of nitrogens with zero attached hydrogens (tertiary/aromatic N) is 2. The fourth-order valence-corrected chi connectivity index (χ4v) is 1.81. The Balaban J connectivity index is 1.65. The van der Waals surface area contributed by atoms with E-state index in [2.05, 4.69) is 22.5 Å². The van der Waals surface area contributed by atoms with Crippen LogP contribution < -0.4 is 10.1 Å². The van der Waals surface area contributed by atoms with E-state index >= 15 is 0 Å². The maximum absolute atomic E-state index is 5.20. The molecular weight excluding hydrogens is 226 g/mol. The fraction of sp³-hybridized carbons (Fsp3) is 0.357. The SMILES string of the molecule is COc1cccc(CCNCCn2cccn2)c1. The molecule has 0 amide bonds. The Hall–Kier alpha value is -1.81. The maximum atomic E-state index is 5.20. The number of ether oxygens (including phenoxy) is 1. The first-order valence-electron chi connectivity index (χ1n) is 6.19. The predicted molar refractivity (Wildman–Crippen MR) is 71.8 cm³/mol. The van der Waals surface area contributed by atoms with Crippen molar-refractivity contribution in [1.29, 1.82) is 0 Å². The van der Waals surface area contributed by atoms with Gasteiger partial charge in [-0.2, -0.15) is 5.10 Å². The summed E-state index contributed by atoms with van der Waals surface area (Å²) in [6, 6.07) is 10.1. The van der Waals surface area contributed by atoms with Gasteiger partial charge in [0, 0.05) is 18.9 Å². The molecule has 0 radical (unpaired) electrons. The molecule has 0 aliphatic rings. The molecule has 0 saturated heterocycles. The van der Waals surface area contributed by atoms with Gasteiger partial charge in [-0.1, -0.05) is 12.1 Å². The standard InChI is InChI=1S/C14H19N3O/c1-18-14-5-2-4-13(12-14)6-8-15-9-11-17-10-3-7-16-17/h2-5,7,10,12,15H,6,8-9,11H2,1H3. The molecule has 4 heteroatoms. The molecule has 0 unspecified atom stereocenters. The Morgan fingerprint density at radius 3 is 3.00 bits per heavy atom. The molecule has 0 spiro atoms. The highest BCUT2D eigenvalue weighted by molar-refractivity contribution is 5.28. The van der Waals surface area contributed by atoms with Crippen LogP contribution in [-0.4, -0.2) is 30.0 Å². The number of hydrogen-bond donors (Lipinski definition) is 1. The fourth-order valence-electron chi connectivity index (χ4n) is 1.81. The van der Waals surface area contributed by atoms with Crippen molar-refractivity contribution >= 4 is 0 Å². The lowest BCUT2D eigenvalue weighted by molar-refractivity contribution is 0.414. The number of nitrogens with one attached hydrogen (secondary N) is 1. The van der Waals surface area contributed by atoms with Crippen LogP contribution in [-0.2, 0) is 13.0 Å². The highest BCUT2D eigenvalue weighted by Crippen LogP contribution is 2.12. The van der Waals surface area contributed by atoms with Crippen LogP contribution in [0.15, 0.2) is 42.7 Å². The molecule has 0 aliphatic heterocycles. The second kappa shape index (κ2) is 6.81. The van der Waals surface area contributed by atoms with E-state index in [0.29, 0.717) is 0 Å². The van der Waals surface area contributed by atoms with Crippen LogP contribution in [0, 0.1) is 0 Å². The highest BCUT2D eigenvalue weighted by Gasteiger charge is 1.96. The molecule has 0 atom stereocenters. The van der Waals surface area contributed by atoms with E-state index in [0.717, 1.165) is 31.8 Å². The van der Waals surface area contributed by atoms with E-state index in [-0.39, 0.29) is 0 Å². The normalized spacial score (nSPS) is 10.5. The first kappa shape index (κ1) is 12.6. The van der Waals surface area contributed by atoms with Crippen LogP contribution in [0.3, 0.4) is 0 Å². The Kier molecular flexibility index (Phi) is 4.78. The maximum Gasteiger partial charge on any atom is 0.119 e. The van der Waals surface area contributed by atoms with Gasteiger partial charge in [-0.05, 0) is 36.7 Å². The van der Waals surface area contributed by atoms with Crippen LogP contribution in [0.1, 0.15) is 5.56 Å². The number of rotatable bonds is 7. The monoisotopic (exact) mass is 245 g/mol. The van der Waals surface area contributed by atoms with Crippen molar-refractivity contribution in [2.24, 2.45) is 0 Å². The van der Waals surface area contributed by atoms with Crippen molar-refractivity contribution in [3.8, 4) is 5.75 Å². The molecule has 18 heavy (non-hydrogen) atoms. The summed E-state index contributed by atoms with van der Waals surface area (Å²) in [7, 11) is 1.70. The van der Waals surface area contributed by atoms with Crippen LogP contribution >= 0.6 is 0 Å².